The normalized spacial score (nSPS) is 18.5. The summed E-state index contributed by atoms with van der Waals surface area (Å²) < 4.78 is 15.2. The standard InChI is InChI=1S/C16H19FN4O/c1-11-18-12(2)21(19-11)15-7-4-8-20(10-15)16(22)13-5-3-6-14(17)9-13/h3,5-6,9,15H,4,7-8,10H2,1-2H3/t15-/m0/s1. The zero-order chi connectivity index (χ0) is 15.7. The van der Waals surface area contributed by atoms with Gasteiger partial charge in [-0.2, -0.15) is 5.10 Å². The fourth-order valence-electron chi connectivity index (χ4n) is 3.02. The molecule has 1 amide bonds. The van der Waals surface area contributed by atoms with Crippen LogP contribution in [-0.4, -0.2) is 38.7 Å². The van der Waals surface area contributed by atoms with Gasteiger partial charge in [-0.25, -0.2) is 14.1 Å². The first-order valence-electron chi connectivity index (χ1n) is 7.49. The second-order valence-electron chi connectivity index (χ2n) is 5.71. The molecule has 1 fully saturated rings. The van der Waals surface area contributed by atoms with E-state index in [2.05, 4.69) is 10.1 Å². The van der Waals surface area contributed by atoms with Gasteiger partial charge in [0.15, 0.2) is 0 Å². The second-order valence-corrected chi connectivity index (χ2v) is 5.71. The minimum atomic E-state index is -0.387. The largest absolute Gasteiger partial charge is 0.336 e. The van der Waals surface area contributed by atoms with Gasteiger partial charge < -0.3 is 4.90 Å². The van der Waals surface area contributed by atoms with Crippen molar-refractivity contribution < 1.29 is 9.18 Å². The van der Waals surface area contributed by atoms with Crippen molar-refractivity contribution in [3.63, 3.8) is 0 Å². The van der Waals surface area contributed by atoms with E-state index >= 15 is 0 Å². The molecule has 1 aromatic heterocycles. The van der Waals surface area contributed by atoms with Crippen molar-refractivity contribution in [3.05, 3.63) is 47.3 Å². The van der Waals surface area contributed by atoms with Gasteiger partial charge in [-0.15, -0.1) is 0 Å². The summed E-state index contributed by atoms with van der Waals surface area (Å²) in [6.07, 6.45) is 1.88. The van der Waals surface area contributed by atoms with Crippen LogP contribution in [-0.2, 0) is 0 Å². The van der Waals surface area contributed by atoms with E-state index in [1.807, 2.05) is 18.5 Å². The molecule has 1 aliphatic rings. The number of carbonyl (C=O) groups is 1. The fourth-order valence-corrected chi connectivity index (χ4v) is 3.02. The third kappa shape index (κ3) is 2.86. The first-order valence-corrected chi connectivity index (χ1v) is 7.49. The highest BCUT2D eigenvalue weighted by Crippen LogP contribution is 2.23. The van der Waals surface area contributed by atoms with Crippen molar-refractivity contribution in [2.24, 2.45) is 0 Å². The molecule has 0 saturated carbocycles. The van der Waals surface area contributed by atoms with E-state index in [0.717, 1.165) is 24.5 Å². The molecule has 0 bridgehead atoms. The topological polar surface area (TPSA) is 51.0 Å². The van der Waals surface area contributed by atoms with E-state index in [1.165, 1.54) is 12.1 Å². The average molecular weight is 302 g/mol. The Morgan fingerprint density at radius 1 is 1.36 bits per heavy atom. The Labute approximate surface area is 128 Å². The number of piperidine rings is 1. The molecule has 0 radical (unpaired) electrons. The molecule has 0 spiro atoms. The summed E-state index contributed by atoms with van der Waals surface area (Å²) in [5.41, 5.74) is 0.396. The van der Waals surface area contributed by atoms with Crippen LogP contribution in [0.1, 0.15) is 40.9 Å². The molecule has 1 saturated heterocycles. The highest BCUT2D eigenvalue weighted by atomic mass is 19.1. The number of rotatable bonds is 2. The Morgan fingerprint density at radius 3 is 2.86 bits per heavy atom. The molecular formula is C16H19FN4O. The smallest absolute Gasteiger partial charge is 0.254 e. The molecule has 2 heterocycles. The van der Waals surface area contributed by atoms with E-state index in [0.29, 0.717) is 18.7 Å². The molecule has 0 unspecified atom stereocenters. The van der Waals surface area contributed by atoms with E-state index in [4.69, 9.17) is 0 Å². The predicted octanol–water partition coefficient (Wildman–Crippen LogP) is 2.51. The maximum atomic E-state index is 13.3. The van der Waals surface area contributed by atoms with Crippen LogP contribution in [0.15, 0.2) is 24.3 Å². The molecule has 116 valence electrons. The van der Waals surface area contributed by atoms with Crippen LogP contribution in [0.5, 0.6) is 0 Å². The van der Waals surface area contributed by atoms with Crippen molar-refractivity contribution in [2.75, 3.05) is 13.1 Å². The highest BCUT2D eigenvalue weighted by Gasteiger charge is 2.27. The third-order valence-electron chi connectivity index (χ3n) is 4.01. The predicted molar refractivity (Wildman–Crippen MR) is 80.1 cm³/mol. The maximum Gasteiger partial charge on any atom is 0.254 e. The number of aryl methyl sites for hydroxylation is 2. The fraction of sp³-hybridized carbons (Fsp3) is 0.438. The second kappa shape index (κ2) is 5.87. The molecule has 1 atom stereocenters. The van der Waals surface area contributed by atoms with E-state index in [-0.39, 0.29) is 17.8 Å². The Balaban J connectivity index is 1.78. The summed E-state index contributed by atoms with van der Waals surface area (Å²) in [6, 6.07) is 5.98. The number of hydrogen-bond donors (Lipinski definition) is 0. The number of benzene rings is 1. The molecule has 3 rings (SSSR count). The van der Waals surface area contributed by atoms with Crippen LogP contribution in [0.3, 0.4) is 0 Å². The van der Waals surface area contributed by atoms with Crippen molar-refractivity contribution in [2.45, 2.75) is 32.7 Å². The Hall–Kier alpha value is -2.24. The van der Waals surface area contributed by atoms with Gasteiger partial charge in [-0.1, -0.05) is 6.07 Å². The van der Waals surface area contributed by atoms with Gasteiger partial charge in [0.05, 0.1) is 6.04 Å². The van der Waals surface area contributed by atoms with Gasteiger partial charge in [0.2, 0.25) is 0 Å². The van der Waals surface area contributed by atoms with Crippen LogP contribution in [0, 0.1) is 19.7 Å². The molecule has 2 aromatic rings. The lowest BCUT2D eigenvalue weighted by atomic mass is 10.0. The van der Waals surface area contributed by atoms with Crippen LogP contribution in [0.25, 0.3) is 0 Å². The van der Waals surface area contributed by atoms with Gasteiger partial charge in [0, 0.05) is 18.7 Å². The molecule has 6 heteroatoms. The lowest BCUT2D eigenvalue weighted by molar-refractivity contribution is 0.0670. The number of likely N-dealkylation sites (tertiary alicyclic amines) is 1. The molecule has 0 aliphatic carbocycles. The van der Waals surface area contributed by atoms with Gasteiger partial charge >= 0.3 is 0 Å². The average Bonchev–Trinajstić information content (AvgIpc) is 2.85. The number of aromatic nitrogens is 3. The van der Waals surface area contributed by atoms with Crippen molar-refractivity contribution in [3.8, 4) is 0 Å². The van der Waals surface area contributed by atoms with E-state index < -0.39 is 0 Å². The van der Waals surface area contributed by atoms with Crippen molar-refractivity contribution >= 4 is 5.91 Å². The molecule has 22 heavy (non-hydrogen) atoms. The van der Waals surface area contributed by atoms with Gasteiger partial charge in [-0.05, 0) is 44.9 Å². The monoisotopic (exact) mass is 302 g/mol. The van der Waals surface area contributed by atoms with Crippen LogP contribution < -0.4 is 0 Å². The number of hydrogen-bond acceptors (Lipinski definition) is 3. The number of carbonyl (C=O) groups excluding carboxylic acids is 1. The first-order chi connectivity index (χ1) is 10.5. The van der Waals surface area contributed by atoms with Gasteiger partial charge in [0.1, 0.15) is 17.5 Å². The summed E-state index contributed by atoms with van der Waals surface area (Å²) in [5.74, 6) is 1.09. The van der Waals surface area contributed by atoms with Crippen LogP contribution in [0.2, 0.25) is 0 Å². The lowest BCUT2D eigenvalue weighted by Crippen LogP contribution is -2.41. The van der Waals surface area contributed by atoms with Crippen molar-refractivity contribution in [1.29, 1.82) is 0 Å². The summed E-state index contributed by atoms with van der Waals surface area (Å²) in [5, 5.41) is 4.42. The summed E-state index contributed by atoms with van der Waals surface area (Å²) in [4.78, 5) is 18.6. The van der Waals surface area contributed by atoms with E-state index in [1.54, 1.807) is 17.0 Å². The first kappa shape index (κ1) is 14.7. The summed E-state index contributed by atoms with van der Waals surface area (Å²) >= 11 is 0. The summed E-state index contributed by atoms with van der Waals surface area (Å²) in [6.45, 7) is 5.06. The molecule has 5 nitrogen and oxygen atoms in total. The highest BCUT2D eigenvalue weighted by molar-refractivity contribution is 5.94. The maximum absolute atomic E-state index is 13.3. The van der Waals surface area contributed by atoms with Crippen molar-refractivity contribution in [1.82, 2.24) is 19.7 Å². The Morgan fingerprint density at radius 2 is 2.18 bits per heavy atom. The Kier molecular flexibility index (Phi) is 3.92. The van der Waals surface area contributed by atoms with Crippen LogP contribution in [0.4, 0.5) is 4.39 Å². The Bertz CT molecular complexity index is 697. The zero-order valence-corrected chi connectivity index (χ0v) is 12.8. The minimum absolute atomic E-state index is 0.126. The minimum Gasteiger partial charge on any atom is -0.336 e. The zero-order valence-electron chi connectivity index (χ0n) is 12.8. The SMILES string of the molecule is Cc1nc(C)n([C@H]2CCCN(C(=O)c3cccc(F)c3)C2)n1. The van der Waals surface area contributed by atoms with Crippen LogP contribution >= 0.6 is 0 Å². The number of halogens is 1. The lowest BCUT2D eigenvalue weighted by Gasteiger charge is -2.33. The third-order valence-corrected chi connectivity index (χ3v) is 4.01. The molecule has 1 aliphatic heterocycles. The number of amides is 1. The molecule has 1 aromatic carbocycles. The summed E-state index contributed by atoms with van der Waals surface area (Å²) in [7, 11) is 0. The number of nitrogens with zero attached hydrogens (tertiary/aromatic N) is 4. The quantitative estimate of drug-likeness (QED) is 0.856. The van der Waals surface area contributed by atoms with Gasteiger partial charge in [0.25, 0.3) is 5.91 Å². The molecular weight excluding hydrogens is 283 g/mol. The molecule has 0 N–H and O–H groups in total. The van der Waals surface area contributed by atoms with E-state index in [9.17, 15) is 9.18 Å². The van der Waals surface area contributed by atoms with Gasteiger partial charge in [-0.3, -0.25) is 4.79 Å².